The Hall–Kier alpha value is -0.570. The molecule has 0 aromatic rings. The molecule has 3 nitrogen and oxygen atoms in total. The predicted molar refractivity (Wildman–Crippen MR) is 54.0 cm³/mol. The number of ether oxygens (including phenoxy) is 1. The Morgan fingerprint density at radius 3 is 2.64 bits per heavy atom. The summed E-state index contributed by atoms with van der Waals surface area (Å²) in [6.45, 7) is 2.73. The molecular weight excluding hydrogens is 178 g/mol. The quantitative estimate of drug-likeness (QED) is 0.627. The number of piperidine rings is 1. The molecule has 0 N–H and O–H groups in total. The maximum atomic E-state index is 10.9. The maximum absolute atomic E-state index is 10.9. The van der Waals surface area contributed by atoms with Crippen molar-refractivity contribution in [2.24, 2.45) is 5.92 Å². The van der Waals surface area contributed by atoms with Gasteiger partial charge in [0, 0.05) is 25.8 Å². The van der Waals surface area contributed by atoms with Crippen molar-refractivity contribution in [2.45, 2.75) is 38.1 Å². The highest BCUT2D eigenvalue weighted by Gasteiger charge is 2.29. The van der Waals surface area contributed by atoms with E-state index in [0.29, 0.717) is 12.0 Å². The molecule has 0 radical (unpaired) electrons. The molecule has 14 heavy (non-hydrogen) atoms. The molecule has 0 aromatic carbocycles. The fourth-order valence-electron chi connectivity index (χ4n) is 2.72. The van der Waals surface area contributed by atoms with E-state index in [1.807, 2.05) is 4.90 Å². The Labute approximate surface area is 85.4 Å². The van der Waals surface area contributed by atoms with Gasteiger partial charge < -0.3 is 9.64 Å². The van der Waals surface area contributed by atoms with Gasteiger partial charge in [-0.3, -0.25) is 4.79 Å². The molecular formula is C11H19NO2. The summed E-state index contributed by atoms with van der Waals surface area (Å²) in [5, 5.41) is 0. The molecule has 1 atom stereocenters. The number of carbonyl (C=O) groups is 1. The van der Waals surface area contributed by atoms with Crippen LogP contribution in [-0.2, 0) is 9.53 Å². The minimum Gasteiger partial charge on any atom is -0.381 e. The van der Waals surface area contributed by atoms with Crippen molar-refractivity contribution in [3.8, 4) is 0 Å². The zero-order valence-electron chi connectivity index (χ0n) is 8.65. The molecule has 1 unspecified atom stereocenters. The Morgan fingerprint density at radius 2 is 1.93 bits per heavy atom. The van der Waals surface area contributed by atoms with Crippen LogP contribution in [0.15, 0.2) is 0 Å². The highest BCUT2D eigenvalue weighted by Crippen LogP contribution is 2.28. The van der Waals surface area contributed by atoms with Crippen LogP contribution in [0.4, 0.5) is 0 Å². The Balaban J connectivity index is 1.94. The molecule has 0 bridgehead atoms. The van der Waals surface area contributed by atoms with Crippen LogP contribution in [0, 0.1) is 5.92 Å². The van der Waals surface area contributed by atoms with Gasteiger partial charge in [0.15, 0.2) is 0 Å². The summed E-state index contributed by atoms with van der Waals surface area (Å²) < 4.78 is 5.35. The first-order valence-electron chi connectivity index (χ1n) is 5.70. The van der Waals surface area contributed by atoms with Crippen molar-refractivity contribution >= 4 is 6.41 Å². The van der Waals surface area contributed by atoms with Crippen molar-refractivity contribution in [3.05, 3.63) is 0 Å². The van der Waals surface area contributed by atoms with Crippen LogP contribution in [0.5, 0.6) is 0 Å². The lowest BCUT2D eigenvalue weighted by Gasteiger charge is -2.39. The molecule has 0 aliphatic carbocycles. The largest absolute Gasteiger partial charge is 0.381 e. The van der Waals surface area contributed by atoms with Gasteiger partial charge in [0.2, 0.25) is 6.41 Å². The zero-order valence-corrected chi connectivity index (χ0v) is 8.65. The number of hydrogen-bond acceptors (Lipinski definition) is 2. The van der Waals surface area contributed by atoms with E-state index >= 15 is 0 Å². The molecule has 0 spiro atoms. The summed E-state index contributed by atoms with van der Waals surface area (Å²) in [6, 6.07) is 0.505. The Bertz CT molecular complexity index is 190. The first-order valence-corrected chi connectivity index (χ1v) is 5.70. The van der Waals surface area contributed by atoms with Crippen LogP contribution in [-0.4, -0.2) is 37.1 Å². The standard InChI is InChI=1S/C11H19NO2/c13-9-12-6-2-1-3-11(12)10-4-7-14-8-5-10/h9-11H,1-8H2. The first-order chi connectivity index (χ1) is 6.92. The van der Waals surface area contributed by atoms with Gasteiger partial charge in [-0.05, 0) is 38.0 Å². The minimum absolute atomic E-state index is 0.505. The second kappa shape index (κ2) is 4.78. The minimum atomic E-state index is 0.505. The highest BCUT2D eigenvalue weighted by molar-refractivity contribution is 5.48. The van der Waals surface area contributed by atoms with E-state index < -0.39 is 0 Å². The third-order valence-corrected chi connectivity index (χ3v) is 3.54. The number of rotatable bonds is 2. The van der Waals surface area contributed by atoms with Crippen molar-refractivity contribution in [3.63, 3.8) is 0 Å². The predicted octanol–water partition coefficient (Wildman–Crippen LogP) is 1.42. The van der Waals surface area contributed by atoms with Gasteiger partial charge in [-0.1, -0.05) is 0 Å². The van der Waals surface area contributed by atoms with Crippen LogP contribution in [0.3, 0.4) is 0 Å². The summed E-state index contributed by atoms with van der Waals surface area (Å²) in [7, 11) is 0. The van der Waals surface area contributed by atoms with Gasteiger partial charge >= 0.3 is 0 Å². The molecule has 0 aromatic heterocycles. The summed E-state index contributed by atoms with van der Waals surface area (Å²) in [6.07, 6.45) is 6.97. The summed E-state index contributed by atoms with van der Waals surface area (Å²) in [4.78, 5) is 12.9. The van der Waals surface area contributed by atoms with E-state index in [1.165, 1.54) is 19.3 Å². The van der Waals surface area contributed by atoms with Crippen molar-refractivity contribution in [2.75, 3.05) is 19.8 Å². The van der Waals surface area contributed by atoms with E-state index in [4.69, 9.17) is 4.74 Å². The van der Waals surface area contributed by atoms with E-state index in [1.54, 1.807) is 0 Å². The second-order valence-corrected chi connectivity index (χ2v) is 4.36. The highest BCUT2D eigenvalue weighted by atomic mass is 16.5. The third kappa shape index (κ3) is 2.08. The molecule has 2 aliphatic rings. The third-order valence-electron chi connectivity index (χ3n) is 3.54. The summed E-state index contributed by atoms with van der Waals surface area (Å²) >= 11 is 0. The number of likely N-dealkylation sites (tertiary alicyclic amines) is 1. The zero-order chi connectivity index (χ0) is 9.80. The van der Waals surface area contributed by atoms with Gasteiger partial charge in [0.05, 0.1) is 0 Å². The lowest BCUT2D eigenvalue weighted by molar-refractivity contribution is -0.123. The van der Waals surface area contributed by atoms with E-state index in [0.717, 1.165) is 39.0 Å². The molecule has 3 heteroatoms. The maximum Gasteiger partial charge on any atom is 0.209 e. The van der Waals surface area contributed by atoms with E-state index in [-0.39, 0.29) is 0 Å². The number of carbonyl (C=O) groups excluding carboxylic acids is 1. The molecule has 2 aliphatic heterocycles. The van der Waals surface area contributed by atoms with Gasteiger partial charge in [0.1, 0.15) is 0 Å². The monoisotopic (exact) mass is 197 g/mol. The summed E-state index contributed by atoms with van der Waals surface area (Å²) in [5.74, 6) is 0.689. The van der Waals surface area contributed by atoms with E-state index in [9.17, 15) is 4.79 Å². The van der Waals surface area contributed by atoms with Crippen LogP contribution in [0.1, 0.15) is 32.1 Å². The molecule has 2 heterocycles. The lowest BCUT2D eigenvalue weighted by Crippen LogP contribution is -2.44. The lowest BCUT2D eigenvalue weighted by atomic mass is 9.85. The topological polar surface area (TPSA) is 29.5 Å². The van der Waals surface area contributed by atoms with Gasteiger partial charge in [-0.2, -0.15) is 0 Å². The Kier molecular flexibility index (Phi) is 3.40. The van der Waals surface area contributed by atoms with Gasteiger partial charge in [-0.25, -0.2) is 0 Å². The molecule has 1 amide bonds. The second-order valence-electron chi connectivity index (χ2n) is 4.36. The molecule has 2 rings (SSSR count). The fraction of sp³-hybridized carbons (Fsp3) is 0.909. The van der Waals surface area contributed by atoms with E-state index in [2.05, 4.69) is 0 Å². The fourth-order valence-corrected chi connectivity index (χ4v) is 2.72. The SMILES string of the molecule is O=CN1CCCCC1C1CCOCC1. The van der Waals surface area contributed by atoms with Crippen LogP contribution >= 0.6 is 0 Å². The molecule has 80 valence electrons. The Morgan fingerprint density at radius 1 is 1.14 bits per heavy atom. The van der Waals surface area contributed by atoms with Gasteiger partial charge in [-0.15, -0.1) is 0 Å². The van der Waals surface area contributed by atoms with Crippen molar-refractivity contribution in [1.82, 2.24) is 4.90 Å². The molecule has 2 saturated heterocycles. The number of nitrogens with zero attached hydrogens (tertiary/aromatic N) is 1. The van der Waals surface area contributed by atoms with Crippen LogP contribution < -0.4 is 0 Å². The first kappa shape index (κ1) is 9.97. The summed E-state index contributed by atoms with van der Waals surface area (Å²) in [5.41, 5.74) is 0. The average molecular weight is 197 g/mol. The van der Waals surface area contributed by atoms with Crippen molar-refractivity contribution < 1.29 is 9.53 Å². The molecule has 0 saturated carbocycles. The smallest absolute Gasteiger partial charge is 0.209 e. The average Bonchev–Trinajstić information content (AvgIpc) is 2.30. The van der Waals surface area contributed by atoms with Crippen molar-refractivity contribution in [1.29, 1.82) is 0 Å². The number of hydrogen-bond donors (Lipinski definition) is 0. The van der Waals surface area contributed by atoms with Crippen LogP contribution in [0.25, 0.3) is 0 Å². The molecule has 2 fully saturated rings. The van der Waals surface area contributed by atoms with Crippen LogP contribution in [0.2, 0.25) is 0 Å². The normalized spacial score (nSPS) is 30.3. The number of amides is 1. The van der Waals surface area contributed by atoms with Gasteiger partial charge in [0.25, 0.3) is 0 Å².